The Morgan fingerprint density at radius 2 is 2.12 bits per heavy atom. The number of hydrogen-bond acceptors (Lipinski definition) is 5. The molecule has 0 spiro atoms. The van der Waals surface area contributed by atoms with Crippen LogP contribution < -0.4 is 19.5 Å². The Hall–Kier alpha value is -1.46. The van der Waals surface area contributed by atoms with Crippen molar-refractivity contribution in [3.8, 4) is 17.2 Å². The van der Waals surface area contributed by atoms with Crippen LogP contribution in [0.1, 0.15) is 12.0 Å². The Balaban J connectivity index is 2.15. The highest BCUT2D eigenvalue weighted by Crippen LogP contribution is 2.38. The lowest BCUT2D eigenvalue weighted by molar-refractivity contribution is 0.173. The number of ether oxygens (including phenoxy) is 3. The predicted molar refractivity (Wildman–Crippen MR) is 62.5 cm³/mol. The van der Waals surface area contributed by atoms with E-state index in [-0.39, 0.29) is 13.4 Å². The Labute approximate surface area is 100 Å². The van der Waals surface area contributed by atoms with Gasteiger partial charge >= 0.3 is 0 Å². The molecule has 1 aromatic carbocycles. The summed E-state index contributed by atoms with van der Waals surface area (Å²) in [6, 6.07) is 3.76. The number of fused-ring (bicyclic) bond motifs is 1. The molecule has 5 nitrogen and oxygen atoms in total. The van der Waals surface area contributed by atoms with E-state index in [0.717, 1.165) is 17.1 Å². The Morgan fingerprint density at radius 1 is 1.35 bits per heavy atom. The van der Waals surface area contributed by atoms with E-state index in [1.165, 1.54) is 0 Å². The summed E-state index contributed by atoms with van der Waals surface area (Å²) in [5.41, 5.74) is 1.02. The van der Waals surface area contributed by atoms with Crippen LogP contribution in [0.3, 0.4) is 0 Å². The Kier molecular flexibility index (Phi) is 4.06. The molecule has 94 valence electrons. The number of hydrogen-bond donors (Lipinski definition) is 2. The molecule has 5 heteroatoms. The first-order chi connectivity index (χ1) is 8.35. The van der Waals surface area contributed by atoms with E-state index < -0.39 is 0 Å². The van der Waals surface area contributed by atoms with Crippen molar-refractivity contribution in [2.45, 2.75) is 13.0 Å². The van der Waals surface area contributed by atoms with Crippen LogP contribution in [-0.4, -0.2) is 32.2 Å². The van der Waals surface area contributed by atoms with E-state index >= 15 is 0 Å². The van der Waals surface area contributed by atoms with Crippen LogP contribution in [0.5, 0.6) is 17.2 Å². The van der Waals surface area contributed by atoms with Gasteiger partial charge in [-0.2, -0.15) is 0 Å². The molecule has 0 bridgehead atoms. The van der Waals surface area contributed by atoms with Gasteiger partial charge in [-0.1, -0.05) is 0 Å². The Morgan fingerprint density at radius 3 is 2.82 bits per heavy atom. The molecule has 0 fully saturated rings. The van der Waals surface area contributed by atoms with Crippen LogP contribution in [0.25, 0.3) is 0 Å². The largest absolute Gasteiger partial charge is 0.493 e. The van der Waals surface area contributed by atoms with Crippen molar-refractivity contribution in [1.29, 1.82) is 0 Å². The zero-order valence-electron chi connectivity index (χ0n) is 9.86. The minimum absolute atomic E-state index is 0.131. The lowest BCUT2D eigenvalue weighted by atomic mass is 10.1. The zero-order chi connectivity index (χ0) is 12.1. The van der Waals surface area contributed by atoms with Crippen LogP contribution in [0.4, 0.5) is 0 Å². The summed E-state index contributed by atoms with van der Waals surface area (Å²) in [4.78, 5) is 0. The first-order valence-electron chi connectivity index (χ1n) is 5.66. The van der Waals surface area contributed by atoms with Crippen molar-refractivity contribution >= 4 is 0 Å². The van der Waals surface area contributed by atoms with E-state index in [2.05, 4.69) is 5.32 Å². The van der Waals surface area contributed by atoms with Crippen molar-refractivity contribution in [2.75, 3.05) is 27.1 Å². The first kappa shape index (κ1) is 12.0. The minimum Gasteiger partial charge on any atom is -0.493 e. The SMILES string of the molecule is CNCc1cc2c(cc1OCCCO)OCO2. The van der Waals surface area contributed by atoms with Crippen molar-refractivity contribution in [2.24, 2.45) is 0 Å². The summed E-state index contributed by atoms with van der Waals surface area (Å²) in [6.45, 7) is 1.58. The maximum Gasteiger partial charge on any atom is 0.231 e. The van der Waals surface area contributed by atoms with Crippen LogP contribution in [0.15, 0.2) is 12.1 Å². The third-order valence-corrected chi connectivity index (χ3v) is 2.48. The molecule has 0 aromatic heterocycles. The highest BCUT2D eigenvalue weighted by Gasteiger charge is 2.17. The van der Waals surface area contributed by atoms with Gasteiger partial charge in [0.2, 0.25) is 6.79 Å². The van der Waals surface area contributed by atoms with Gasteiger partial charge in [0.15, 0.2) is 11.5 Å². The Bertz CT molecular complexity index is 381. The van der Waals surface area contributed by atoms with Gasteiger partial charge < -0.3 is 24.6 Å². The maximum absolute atomic E-state index is 8.73. The molecule has 1 aliphatic rings. The smallest absolute Gasteiger partial charge is 0.231 e. The molecule has 0 unspecified atom stereocenters. The second-order valence-corrected chi connectivity index (χ2v) is 3.77. The van der Waals surface area contributed by atoms with Gasteiger partial charge in [0.1, 0.15) is 5.75 Å². The van der Waals surface area contributed by atoms with Gasteiger partial charge in [0.25, 0.3) is 0 Å². The van der Waals surface area contributed by atoms with Crippen LogP contribution >= 0.6 is 0 Å². The molecule has 0 atom stereocenters. The molecule has 1 aliphatic heterocycles. The molecule has 0 saturated heterocycles. The molecular formula is C12H17NO4. The molecule has 0 saturated carbocycles. The predicted octanol–water partition coefficient (Wildman–Crippen LogP) is 0.896. The van der Waals surface area contributed by atoms with Crippen molar-refractivity contribution in [3.05, 3.63) is 17.7 Å². The molecular weight excluding hydrogens is 222 g/mol. The van der Waals surface area contributed by atoms with Gasteiger partial charge in [-0.05, 0) is 13.1 Å². The fourth-order valence-corrected chi connectivity index (χ4v) is 1.68. The highest BCUT2D eigenvalue weighted by atomic mass is 16.7. The number of aliphatic hydroxyl groups is 1. The van der Waals surface area contributed by atoms with Gasteiger partial charge in [-0.25, -0.2) is 0 Å². The van der Waals surface area contributed by atoms with Gasteiger partial charge in [-0.15, -0.1) is 0 Å². The van der Waals surface area contributed by atoms with Gasteiger partial charge in [-0.3, -0.25) is 0 Å². The topological polar surface area (TPSA) is 60.0 Å². The summed E-state index contributed by atoms with van der Waals surface area (Å²) >= 11 is 0. The molecule has 0 amide bonds. The van der Waals surface area contributed by atoms with Crippen molar-refractivity contribution < 1.29 is 19.3 Å². The summed E-state index contributed by atoms with van der Waals surface area (Å²) in [7, 11) is 1.88. The second kappa shape index (κ2) is 5.75. The molecule has 2 N–H and O–H groups in total. The quantitative estimate of drug-likeness (QED) is 0.722. The number of benzene rings is 1. The van der Waals surface area contributed by atoms with Gasteiger partial charge in [0, 0.05) is 31.2 Å². The highest BCUT2D eigenvalue weighted by molar-refractivity contribution is 5.51. The summed E-state index contributed by atoms with van der Waals surface area (Å²) in [6.07, 6.45) is 0.618. The average Bonchev–Trinajstić information content (AvgIpc) is 2.77. The fourth-order valence-electron chi connectivity index (χ4n) is 1.68. The molecule has 1 heterocycles. The third-order valence-electron chi connectivity index (χ3n) is 2.48. The third kappa shape index (κ3) is 2.81. The van der Waals surface area contributed by atoms with Gasteiger partial charge in [0.05, 0.1) is 6.61 Å². The van der Waals surface area contributed by atoms with Crippen molar-refractivity contribution in [3.63, 3.8) is 0 Å². The summed E-state index contributed by atoms with van der Waals surface area (Å²) in [5, 5.41) is 11.8. The van der Waals surface area contributed by atoms with E-state index in [1.807, 2.05) is 19.2 Å². The van der Waals surface area contributed by atoms with Crippen LogP contribution in [0.2, 0.25) is 0 Å². The molecule has 2 rings (SSSR count). The van der Waals surface area contributed by atoms with E-state index in [1.54, 1.807) is 0 Å². The van der Waals surface area contributed by atoms with Crippen LogP contribution in [-0.2, 0) is 6.54 Å². The number of rotatable bonds is 6. The standard InChI is InChI=1S/C12H17NO4/c1-13-7-9-5-11-12(17-8-16-11)6-10(9)15-4-2-3-14/h5-6,13-14H,2-4,7-8H2,1H3. The molecule has 1 aromatic rings. The molecule has 0 aliphatic carbocycles. The minimum atomic E-state index is 0.131. The zero-order valence-corrected chi connectivity index (χ0v) is 9.86. The fraction of sp³-hybridized carbons (Fsp3) is 0.500. The summed E-state index contributed by atoms with van der Waals surface area (Å²) in [5.74, 6) is 2.24. The summed E-state index contributed by atoms with van der Waals surface area (Å²) < 4.78 is 16.2. The van der Waals surface area contributed by atoms with Crippen LogP contribution in [0, 0.1) is 0 Å². The van der Waals surface area contributed by atoms with E-state index in [4.69, 9.17) is 19.3 Å². The van der Waals surface area contributed by atoms with E-state index in [9.17, 15) is 0 Å². The lowest BCUT2D eigenvalue weighted by Crippen LogP contribution is -2.08. The monoisotopic (exact) mass is 239 g/mol. The number of nitrogens with one attached hydrogen (secondary N) is 1. The molecule has 17 heavy (non-hydrogen) atoms. The van der Waals surface area contributed by atoms with E-state index in [0.29, 0.717) is 25.3 Å². The second-order valence-electron chi connectivity index (χ2n) is 3.77. The average molecular weight is 239 g/mol. The van der Waals surface area contributed by atoms with Crippen molar-refractivity contribution in [1.82, 2.24) is 5.32 Å². The number of aliphatic hydroxyl groups excluding tert-OH is 1. The lowest BCUT2D eigenvalue weighted by Gasteiger charge is -2.12. The first-order valence-corrected chi connectivity index (χ1v) is 5.66. The molecule has 0 radical (unpaired) electrons. The maximum atomic E-state index is 8.73. The normalized spacial score (nSPS) is 12.8.